The Morgan fingerprint density at radius 3 is 2.81 bits per heavy atom. The molecule has 16 heavy (non-hydrogen) atoms. The Kier molecular flexibility index (Phi) is 4.22. The van der Waals surface area contributed by atoms with Crippen LogP contribution in [0.3, 0.4) is 0 Å². The number of hydrogen-bond donors (Lipinski definition) is 2. The fraction of sp³-hybridized carbons (Fsp3) is 0.250. The van der Waals surface area contributed by atoms with Crippen LogP contribution in [0.25, 0.3) is 0 Å². The summed E-state index contributed by atoms with van der Waals surface area (Å²) in [5.41, 5.74) is 0.363. The Hall–Kier alpha value is -2.15. The topological polar surface area (TPSA) is 66.8 Å². The zero-order chi connectivity index (χ0) is 12.0. The molecule has 0 aliphatic carbocycles. The molecule has 0 saturated carbocycles. The predicted molar refractivity (Wildman–Crippen MR) is 57.9 cm³/mol. The summed E-state index contributed by atoms with van der Waals surface area (Å²) in [6, 6.07) is 4.07. The Bertz CT molecular complexity index is 440. The van der Waals surface area contributed by atoms with Gasteiger partial charge in [-0.05, 0) is 19.1 Å². The molecule has 0 aromatic heterocycles. The maximum Gasteiger partial charge on any atom is 0.317 e. The van der Waals surface area contributed by atoms with Gasteiger partial charge in [-0.2, -0.15) is 0 Å². The van der Waals surface area contributed by atoms with Gasteiger partial charge in [-0.1, -0.05) is 11.8 Å². The van der Waals surface area contributed by atoms with Gasteiger partial charge in [0.25, 0.3) is 0 Å². The second kappa shape index (κ2) is 5.66. The highest BCUT2D eigenvalue weighted by molar-refractivity contribution is 5.72. The van der Waals surface area contributed by atoms with E-state index in [0.717, 1.165) is 0 Å². The average Bonchev–Trinajstić information content (AvgIpc) is 2.22. The summed E-state index contributed by atoms with van der Waals surface area (Å²) in [5, 5.41) is 18.4. The van der Waals surface area contributed by atoms with Crippen molar-refractivity contribution in [3.05, 3.63) is 23.8 Å². The molecule has 4 nitrogen and oxygen atoms in total. The second-order valence-corrected chi connectivity index (χ2v) is 2.99. The van der Waals surface area contributed by atoms with E-state index < -0.39 is 5.97 Å². The van der Waals surface area contributed by atoms with Crippen LogP contribution in [-0.4, -0.2) is 22.8 Å². The zero-order valence-corrected chi connectivity index (χ0v) is 8.86. The molecule has 0 fully saturated rings. The minimum atomic E-state index is -0.395. The molecule has 1 aromatic carbocycles. The molecule has 0 atom stereocenters. The van der Waals surface area contributed by atoms with Gasteiger partial charge in [0.1, 0.15) is 17.9 Å². The molecule has 0 unspecified atom stereocenters. The lowest BCUT2D eigenvalue weighted by molar-refractivity contribution is -0.141. The van der Waals surface area contributed by atoms with Crippen LogP contribution in [0.15, 0.2) is 18.2 Å². The standard InChI is InChI=1S/C12H12O4/c1-2-16-12(15)5-3-4-9-6-7-10(13)8-11(9)14/h6-8,13-14H,2,5H2,1H3. The monoisotopic (exact) mass is 220 g/mol. The van der Waals surface area contributed by atoms with E-state index in [1.54, 1.807) is 6.92 Å². The van der Waals surface area contributed by atoms with E-state index in [-0.39, 0.29) is 17.9 Å². The number of phenolic OH excluding ortho intramolecular Hbond substituents is 2. The smallest absolute Gasteiger partial charge is 0.317 e. The van der Waals surface area contributed by atoms with Gasteiger partial charge in [-0.25, -0.2) is 0 Å². The van der Waals surface area contributed by atoms with Crippen molar-refractivity contribution < 1.29 is 19.7 Å². The molecule has 0 aliphatic heterocycles. The summed E-state index contributed by atoms with van der Waals surface area (Å²) in [6.45, 7) is 2.04. The Labute approximate surface area is 93.5 Å². The van der Waals surface area contributed by atoms with Crippen molar-refractivity contribution in [2.24, 2.45) is 0 Å². The van der Waals surface area contributed by atoms with Gasteiger partial charge in [-0.15, -0.1) is 0 Å². The molecular formula is C12H12O4. The summed E-state index contributed by atoms with van der Waals surface area (Å²) >= 11 is 0. The Balaban J connectivity index is 2.66. The van der Waals surface area contributed by atoms with Crippen molar-refractivity contribution in [1.29, 1.82) is 0 Å². The van der Waals surface area contributed by atoms with Crippen LogP contribution < -0.4 is 0 Å². The second-order valence-electron chi connectivity index (χ2n) is 2.99. The first kappa shape index (κ1) is 11.9. The van der Waals surface area contributed by atoms with Crippen molar-refractivity contribution in [2.45, 2.75) is 13.3 Å². The fourth-order valence-electron chi connectivity index (χ4n) is 1.05. The molecule has 0 saturated heterocycles. The van der Waals surface area contributed by atoms with Gasteiger partial charge in [-0.3, -0.25) is 4.79 Å². The fourth-order valence-corrected chi connectivity index (χ4v) is 1.05. The third-order valence-electron chi connectivity index (χ3n) is 1.74. The van der Waals surface area contributed by atoms with Gasteiger partial charge in [0.15, 0.2) is 0 Å². The lowest BCUT2D eigenvalue weighted by atomic mass is 10.2. The quantitative estimate of drug-likeness (QED) is 0.584. The average molecular weight is 220 g/mol. The highest BCUT2D eigenvalue weighted by Crippen LogP contribution is 2.21. The first-order chi connectivity index (χ1) is 7.63. The number of phenols is 2. The predicted octanol–water partition coefficient (Wildman–Crippen LogP) is 1.40. The number of rotatable bonds is 2. The number of benzene rings is 1. The van der Waals surface area contributed by atoms with Crippen LogP contribution in [0.2, 0.25) is 0 Å². The van der Waals surface area contributed by atoms with Crippen LogP contribution in [0.5, 0.6) is 11.5 Å². The van der Waals surface area contributed by atoms with E-state index in [0.29, 0.717) is 12.2 Å². The lowest BCUT2D eigenvalue weighted by Crippen LogP contribution is -2.01. The van der Waals surface area contributed by atoms with E-state index in [2.05, 4.69) is 16.6 Å². The van der Waals surface area contributed by atoms with Crippen LogP contribution >= 0.6 is 0 Å². The van der Waals surface area contributed by atoms with E-state index in [1.807, 2.05) is 0 Å². The van der Waals surface area contributed by atoms with Gasteiger partial charge < -0.3 is 14.9 Å². The largest absolute Gasteiger partial charge is 0.508 e. The van der Waals surface area contributed by atoms with Gasteiger partial charge in [0, 0.05) is 6.07 Å². The van der Waals surface area contributed by atoms with Crippen LogP contribution in [0, 0.1) is 11.8 Å². The zero-order valence-electron chi connectivity index (χ0n) is 8.86. The number of esters is 1. The summed E-state index contributed by atoms with van der Waals surface area (Å²) < 4.78 is 4.69. The summed E-state index contributed by atoms with van der Waals surface area (Å²) in [4.78, 5) is 10.9. The van der Waals surface area contributed by atoms with E-state index in [4.69, 9.17) is 5.11 Å². The van der Waals surface area contributed by atoms with E-state index >= 15 is 0 Å². The lowest BCUT2D eigenvalue weighted by Gasteiger charge is -1.97. The van der Waals surface area contributed by atoms with Crippen LogP contribution in [0.4, 0.5) is 0 Å². The SMILES string of the molecule is CCOC(=O)CC#Cc1ccc(O)cc1O. The highest BCUT2D eigenvalue weighted by Gasteiger charge is 1.99. The van der Waals surface area contributed by atoms with Crippen molar-refractivity contribution in [3.8, 4) is 23.3 Å². The molecule has 2 N–H and O–H groups in total. The normalized spacial score (nSPS) is 9.06. The first-order valence-corrected chi connectivity index (χ1v) is 4.80. The molecule has 0 aliphatic rings. The number of ether oxygens (including phenoxy) is 1. The van der Waals surface area contributed by atoms with Crippen LogP contribution in [0.1, 0.15) is 18.9 Å². The third kappa shape index (κ3) is 3.54. The molecule has 0 spiro atoms. The Morgan fingerprint density at radius 2 is 2.19 bits per heavy atom. The number of aromatic hydroxyl groups is 2. The first-order valence-electron chi connectivity index (χ1n) is 4.80. The molecule has 0 radical (unpaired) electrons. The molecule has 1 aromatic rings. The Morgan fingerprint density at radius 1 is 1.44 bits per heavy atom. The maximum absolute atomic E-state index is 10.9. The van der Waals surface area contributed by atoms with Crippen molar-refractivity contribution in [2.75, 3.05) is 6.61 Å². The van der Waals surface area contributed by atoms with Gasteiger partial charge in [0.2, 0.25) is 0 Å². The van der Waals surface area contributed by atoms with Crippen LogP contribution in [-0.2, 0) is 9.53 Å². The van der Waals surface area contributed by atoms with E-state index in [9.17, 15) is 9.90 Å². The molecule has 0 bridgehead atoms. The third-order valence-corrected chi connectivity index (χ3v) is 1.74. The van der Waals surface area contributed by atoms with Crippen molar-refractivity contribution in [1.82, 2.24) is 0 Å². The molecule has 4 heteroatoms. The molecule has 84 valence electrons. The molecule has 0 heterocycles. The minimum Gasteiger partial charge on any atom is -0.508 e. The highest BCUT2D eigenvalue weighted by atomic mass is 16.5. The maximum atomic E-state index is 10.9. The summed E-state index contributed by atoms with van der Waals surface area (Å²) in [5.74, 6) is 4.65. The van der Waals surface area contributed by atoms with Crippen molar-refractivity contribution >= 4 is 5.97 Å². The minimum absolute atomic E-state index is 0.0197. The van der Waals surface area contributed by atoms with E-state index in [1.165, 1.54) is 18.2 Å². The summed E-state index contributed by atoms with van der Waals surface area (Å²) in [7, 11) is 0. The number of carbonyl (C=O) groups is 1. The van der Waals surface area contributed by atoms with Crippen molar-refractivity contribution in [3.63, 3.8) is 0 Å². The molecule has 1 rings (SSSR count). The number of carbonyl (C=O) groups excluding carboxylic acids is 1. The number of hydrogen-bond acceptors (Lipinski definition) is 4. The molecule has 0 amide bonds. The summed E-state index contributed by atoms with van der Waals surface area (Å²) in [6.07, 6.45) is -0.0197. The molecular weight excluding hydrogens is 208 g/mol. The van der Waals surface area contributed by atoms with Gasteiger partial charge >= 0.3 is 5.97 Å². The van der Waals surface area contributed by atoms with Gasteiger partial charge in [0.05, 0.1) is 12.2 Å².